The summed E-state index contributed by atoms with van der Waals surface area (Å²) in [6.07, 6.45) is -3.26. The molecule has 0 saturated heterocycles. The zero-order chi connectivity index (χ0) is 13.5. The molecule has 1 aromatic heterocycles. The summed E-state index contributed by atoms with van der Waals surface area (Å²) in [6.45, 7) is 1.46. The fourth-order valence-corrected chi connectivity index (χ4v) is 2.25. The first-order valence-corrected chi connectivity index (χ1v) is 5.43. The van der Waals surface area contributed by atoms with E-state index in [1.165, 1.54) is 13.1 Å². The zero-order valence-electron chi connectivity index (χ0n) is 9.61. The molecule has 7 heteroatoms. The van der Waals surface area contributed by atoms with E-state index in [0.29, 0.717) is 12.1 Å². The van der Waals surface area contributed by atoms with Crippen molar-refractivity contribution < 1.29 is 27.9 Å². The van der Waals surface area contributed by atoms with Gasteiger partial charge in [0.15, 0.2) is 0 Å². The molecule has 4 nitrogen and oxygen atoms in total. The molecule has 2 rings (SSSR count). The third kappa shape index (κ3) is 2.00. The van der Waals surface area contributed by atoms with Crippen LogP contribution in [0.3, 0.4) is 0 Å². The van der Waals surface area contributed by atoms with Crippen LogP contribution in [0, 0.1) is 0 Å². The largest absolute Gasteiger partial charge is 0.471 e. The van der Waals surface area contributed by atoms with Crippen LogP contribution in [0.2, 0.25) is 0 Å². The molecule has 0 radical (unpaired) electrons. The maximum atomic E-state index is 12.4. The molecule has 0 aliphatic carbocycles. The van der Waals surface area contributed by atoms with Crippen molar-refractivity contribution in [3.8, 4) is 0 Å². The van der Waals surface area contributed by atoms with Gasteiger partial charge >= 0.3 is 12.1 Å². The summed E-state index contributed by atoms with van der Waals surface area (Å²) in [7, 11) is 0. The second-order valence-electron chi connectivity index (χ2n) is 4.19. The van der Waals surface area contributed by atoms with Crippen molar-refractivity contribution in [3.05, 3.63) is 29.6 Å². The number of fused-ring (bicyclic) bond motifs is 1. The Bertz CT molecular complexity index is 488. The Hall–Kier alpha value is -1.79. The van der Waals surface area contributed by atoms with E-state index in [0.717, 1.165) is 15.2 Å². The molecule has 1 atom stereocenters. The van der Waals surface area contributed by atoms with Gasteiger partial charge in [-0.25, -0.2) is 0 Å². The van der Waals surface area contributed by atoms with Crippen molar-refractivity contribution in [2.24, 2.45) is 0 Å². The quantitative estimate of drug-likeness (QED) is 0.563. The van der Waals surface area contributed by atoms with Crippen LogP contribution < -0.4 is 4.73 Å². The predicted molar refractivity (Wildman–Crippen MR) is 53.7 cm³/mol. The molecule has 0 fully saturated rings. The van der Waals surface area contributed by atoms with E-state index in [2.05, 4.69) is 0 Å². The van der Waals surface area contributed by atoms with Gasteiger partial charge in [-0.3, -0.25) is 10.0 Å². The number of halogens is 3. The average Bonchev–Trinajstić information content (AvgIpc) is 2.27. The van der Waals surface area contributed by atoms with Gasteiger partial charge in [0, 0.05) is 22.9 Å². The zero-order valence-corrected chi connectivity index (χ0v) is 9.61. The minimum Gasteiger partial charge on any atom is -0.321 e. The number of amides is 1. The van der Waals surface area contributed by atoms with Crippen LogP contribution >= 0.6 is 0 Å². The highest BCUT2D eigenvalue weighted by molar-refractivity contribution is 5.82. The normalized spacial score (nSPS) is 19.6. The van der Waals surface area contributed by atoms with Gasteiger partial charge in [0.1, 0.15) is 6.04 Å². The number of carbonyl (C=O) groups is 1. The summed E-state index contributed by atoms with van der Waals surface area (Å²) < 4.78 is 38.0. The molecular formula is C11H12F3N2O2+. The first kappa shape index (κ1) is 12.7. The Morgan fingerprint density at radius 3 is 2.83 bits per heavy atom. The average molecular weight is 261 g/mol. The van der Waals surface area contributed by atoms with Crippen molar-refractivity contribution in [3.63, 3.8) is 0 Å². The minimum absolute atomic E-state index is 0.00345. The molecule has 1 N–H and O–H groups in total. The second kappa shape index (κ2) is 4.15. The maximum Gasteiger partial charge on any atom is 0.471 e. The first-order valence-electron chi connectivity index (χ1n) is 5.43. The Morgan fingerprint density at radius 2 is 2.22 bits per heavy atom. The van der Waals surface area contributed by atoms with E-state index < -0.39 is 18.1 Å². The summed E-state index contributed by atoms with van der Waals surface area (Å²) in [4.78, 5) is 12.0. The number of hydrogen-bond acceptors (Lipinski definition) is 2. The lowest BCUT2D eigenvalue weighted by atomic mass is 9.98. The molecule has 98 valence electrons. The van der Waals surface area contributed by atoms with Crippen molar-refractivity contribution in [2.75, 3.05) is 6.54 Å². The van der Waals surface area contributed by atoms with Crippen molar-refractivity contribution in [1.82, 2.24) is 4.90 Å². The topological polar surface area (TPSA) is 44.4 Å². The summed E-state index contributed by atoms with van der Waals surface area (Å²) >= 11 is 0. The molecule has 1 amide bonds. The van der Waals surface area contributed by atoms with E-state index in [9.17, 15) is 23.2 Å². The Morgan fingerprint density at radius 1 is 1.56 bits per heavy atom. The summed E-state index contributed by atoms with van der Waals surface area (Å²) in [5.41, 5.74) is 1.07. The lowest BCUT2D eigenvalue weighted by molar-refractivity contribution is -0.911. The van der Waals surface area contributed by atoms with Gasteiger partial charge in [0.2, 0.25) is 6.20 Å². The first-order chi connectivity index (χ1) is 8.32. The van der Waals surface area contributed by atoms with Crippen LogP contribution in [0.15, 0.2) is 18.3 Å². The van der Waals surface area contributed by atoms with Crippen LogP contribution in [0.1, 0.15) is 24.2 Å². The van der Waals surface area contributed by atoms with E-state index >= 15 is 0 Å². The van der Waals surface area contributed by atoms with E-state index in [1.54, 1.807) is 12.1 Å². The van der Waals surface area contributed by atoms with E-state index in [1.807, 2.05) is 0 Å². The number of carbonyl (C=O) groups excluding carboxylic acids is 1. The summed E-state index contributed by atoms with van der Waals surface area (Å²) in [6, 6.07) is 2.52. The maximum absolute atomic E-state index is 12.4. The van der Waals surface area contributed by atoms with Gasteiger partial charge in [-0.05, 0) is 19.4 Å². The minimum atomic E-state index is -4.89. The summed E-state index contributed by atoms with van der Waals surface area (Å²) in [5.74, 6) is -1.87. The molecule has 0 bridgehead atoms. The van der Waals surface area contributed by atoms with Gasteiger partial charge in [-0.2, -0.15) is 13.2 Å². The monoisotopic (exact) mass is 261 g/mol. The fourth-order valence-electron chi connectivity index (χ4n) is 2.25. The van der Waals surface area contributed by atoms with Gasteiger partial charge in [-0.15, -0.1) is 0 Å². The SMILES string of the molecule is CC1c2c(ccc[n+]2O)CCN1C(=O)C(F)(F)F. The predicted octanol–water partition coefficient (Wildman–Crippen LogP) is 1.22. The Kier molecular flexibility index (Phi) is 2.92. The van der Waals surface area contributed by atoms with Crippen LogP contribution in [0.5, 0.6) is 0 Å². The Balaban J connectivity index is 2.37. The van der Waals surface area contributed by atoms with Gasteiger partial charge in [0.25, 0.3) is 5.69 Å². The van der Waals surface area contributed by atoms with Crippen LogP contribution in [0.4, 0.5) is 13.2 Å². The van der Waals surface area contributed by atoms with Crippen molar-refractivity contribution in [2.45, 2.75) is 25.6 Å². The lowest BCUT2D eigenvalue weighted by Crippen LogP contribution is -2.50. The smallest absolute Gasteiger partial charge is 0.321 e. The van der Waals surface area contributed by atoms with Gasteiger partial charge in [-0.1, -0.05) is 0 Å². The summed E-state index contributed by atoms with van der Waals surface area (Å²) in [5, 5.41) is 9.63. The molecule has 1 aliphatic heterocycles. The highest BCUT2D eigenvalue weighted by atomic mass is 19.4. The second-order valence-corrected chi connectivity index (χ2v) is 4.19. The number of hydrogen-bond donors (Lipinski definition) is 1. The third-order valence-electron chi connectivity index (χ3n) is 3.09. The number of pyridine rings is 1. The van der Waals surface area contributed by atoms with Crippen molar-refractivity contribution >= 4 is 5.91 Å². The standard InChI is InChI=1S/C11H12F3N2O2/c1-7-9-8(3-2-5-16(9)18)4-6-15(7)10(17)11(12,13)14/h2-3,5,7,18H,4,6H2,1H3/q+1. The van der Waals surface area contributed by atoms with E-state index in [-0.39, 0.29) is 6.54 Å². The highest BCUT2D eigenvalue weighted by Crippen LogP contribution is 2.30. The Labute approximate surface area is 101 Å². The number of nitrogens with zero attached hydrogens (tertiary/aromatic N) is 2. The van der Waals surface area contributed by atoms with Gasteiger partial charge < -0.3 is 4.90 Å². The number of alkyl halides is 3. The highest BCUT2D eigenvalue weighted by Gasteiger charge is 2.47. The van der Waals surface area contributed by atoms with Crippen LogP contribution in [-0.2, 0) is 11.2 Å². The van der Waals surface area contributed by atoms with E-state index in [4.69, 9.17) is 0 Å². The van der Waals surface area contributed by atoms with Crippen LogP contribution in [-0.4, -0.2) is 28.7 Å². The third-order valence-corrected chi connectivity index (χ3v) is 3.09. The van der Waals surface area contributed by atoms with Crippen LogP contribution in [0.25, 0.3) is 0 Å². The number of rotatable bonds is 0. The molecule has 2 heterocycles. The lowest BCUT2D eigenvalue weighted by Gasteiger charge is -2.32. The number of aromatic nitrogens is 1. The molecule has 1 unspecified atom stereocenters. The molecule has 0 spiro atoms. The molecule has 0 aromatic carbocycles. The fraction of sp³-hybridized carbons (Fsp3) is 0.455. The molecule has 1 aliphatic rings. The molecular weight excluding hydrogens is 249 g/mol. The molecule has 18 heavy (non-hydrogen) atoms. The molecule has 0 saturated carbocycles. The van der Waals surface area contributed by atoms with Crippen molar-refractivity contribution in [1.29, 1.82) is 0 Å². The molecule has 1 aromatic rings. The van der Waals surface area contributed by atoms with Gasteiger partial charge in [0.05, 0.1) is 0 Å².